The molecule has 0 radical (unpaired) electrons. The highest BCUT2D eigenvalue weighted by Gasteiger charge is 2.29. The van der Waals surface area contributed by atoms with Gasteiger partial charge in [0.25, 0.3) is 5.91 Å². The van der Waals surface area contributed by atoms with Crippen LogP contribution < -0.4 is 5.32 Å². The molecule has 2 aromatic carbocycles. The largest absolute Gasteiger partial charge is 0.341 e. The number of aryl methyl sites for hydroxylation is 2. The molecule has 1 heterocycles. The third kappa shape index (κ3) is 4.51. The molecule has 0 bridgehead atoms. The SMILES string of the molecule is Cc1cc(C)n(Cc2cccc(C(=O)Nc3ccccc3S(=O)(=O)C(F)F)c2)n1. The zero-order valence-electron chi connectivity index (χ0n) is 15.8. The molecule has 0 saturated heterocycles. The Hall–Kier alpha value is -3.07. The van der Waals surface area contributed by atoms with Gasteiger partial charge in [0.2, 0.25) is 9.84 Å². The van der Waals surface area contributed by atoms with E-state index in [0.717, 1.165) is 23.0 Å². The summed E-state index contributed by atoms with van der Waals surface area (Å²) in [6.45, 7) is 4.27. The average molecular weight is 419 g/mol. The molecule has 1 N–H and O–H groups in total. The summed E-state index contributed by atoms with van der Waals surface area (Å²) in [5.41, 5.74) is 2.75. The van der Waals surface area contributed by atoms with Crippen LogP contribution in [0.4, 0.5) is 14.5 Å². The first-order valence-corrected chi connectivity index (χ1v) is 10.3. The third-order valence-corrected chi connectivity index (χ3v) is 5.74. The van der Waals surface area contributed by atoms with Crippen LogP contribution in [-0.4, -0.2) is 29.9 Å². The van der Waals surface area contributed by atoms with Gasteiger partial charge in [0.05, 0.1) is 22.8 Å². The summed E-state index contributed by atoms with van der Waals surface area (Å²) in [4.78, 5) is 12.0. The highest BCUT2D eigenvalue weighted by atomic mass is 32.2. The molecule has 3 aromatic rings. The lowest BCUT2D eigenvalue weighted by atomic mass is 10.1. The number of hydrogen-bond acceptors (Lipinski definition) is 4. The monoisotopic (exact) mass is 419 g/mol. The molecular formula is C20H19F2N3O3S. The summed E-state index contributed by atoms with van der Waals surface area (Å²) in [5.74, 6) is -4.18. The number of nitrogens with zero attached hydrogens (tertiary/aromatic N) is 2. The van der Waals surface area contributed by atoms with E-state index < -0.39 is 26.4 Å². The van der Waals surface area contributed by atoms with Crippen molar-refractivity contribution < 1.29 is 22.0 Å². The molecule has 0 aliphatic carbocycles. The van der Waals surface area contributed by atoms with Gasteiger partial charge in [-0.15, -0.1) is 0 Å². The second kappa shape index (κ2) is 8.12. The number of para-hydroxylation sites is 1. The van der Waals surface area contributed by atoms with Crippen molar-refractivity contribution in [3.8, 4) is 0 Å². The predicted molar refractivity (Wildman–Crippen MR) is 105 cm³/mol. The van der Waals surface area contributed by atoms with E-state index in [1.54, 1.807) is 22.9 Å². The normalized spacial score (nSPS) is 11.6. The number of halogens is 2. The van der Waals surface area contributed by atoms with Gasteiger partial charge in [0.1, 0.15) is 0 Å². The van der Waals surface area contributed by atoms with Gasteiger partial charge in [-0.3, -0.25) is 9.48 Å². The van der Waals surface area contributed by atoms with E-state index >= 15 is 0 Å². The molecule has 9 heteroatoms. The molecule has 1 amide bonds. The van der Waals surface area contributed by atoms with Crippen molar-refractivity contribution in [1.82, 2.24) is 9.78 Å². The summed E-state index contributed by atoms with van der Waals surface area (Å²) >= 11 is 0. The quantitative estimate of drug-likeness (QED) is 0.659. The van der Waals surface area contributed by atoms with E-state index in [0.29, 0.717) is 6.54 Å². The Bertz CT molecular complexity index is 1160. The average Bonchev–Trinajstić information content (AvgIpc) is 2.99. The van der Waals surface area contributed by atoms with Crippen molar-refractivity contribution in [3.63, 3.8) is 0 Å². The standard InChI is InChI=1S/C20H19F2N3O3S/c1-13-10-14(2)25(24-13)12-15-6-5-7-16(11-15)19(26)23-17-8-3-4-9-18(17)29(27,28)20(21)22/h3-11,20H,12H2,1-2H3,(H,23,26). The molecule has 152 valence electrons. The summed E-state index contributed by atoms with van der Waals surface area (Å²) in [6.07, 6.45) is 0. The number of carbonyl (C=O) groups excluding carboxylic acids is 1. The molecular weight excluding hydrogens is 400 g/mol. The first kappa shape index (κ1) is 20.7. The number of carbonyl (C=O) groups is 1. The number of aromatic nitrogens is 2. The molecule has 0 saturated carbocycles. The topological polar surface area (TPSA) is 81.1 Å². The highest BCUT2D eigenvalue weighted by molar-refractivity contribution is 7.91. The van der Waals surface area contributed by atoms with Crippen LogP contribution in [0.1, 0.15) is 27.3 Å². The second-order valence-corrected chi connectivity index (χ2v) is 8.43. The Morgan fingerprint density at radius 1 is 1.10 bits per heavy atom. The molecule has 29 heavy (non-hydrogen) atoms. The van der Waals surface area contributed by atoms with E-state index in [1.807, 2.05) is 26.0 Å². The summed E-state index contributed by atoms with van der Waals surface area (Å²) in [5, 5.41) is 6.80. The van der Waals surface area contributed by atoms with Crippen LogP contribution in [0.5, 0.6) is 0 Å². The Morgan fingerprint density at radius 2 is 1.83 bits per heavy atom. The summed E-state index contributed by atoms with van der Waals surface area (Å²) in [6, 6.07) is 13.8. The number of alkyl halides is 2. The van der Waals surface area contributed by atoms with Crippen molar-refractivity contribution in [2.75, 3.05) is 5.32 Å². The number of rotatable bonds is 6. The number of anilines is 1. The molecule has 3 rings (SSSR count). The molecule has 0 unspecified atom stereocenters. The molecule has 0 atom stereocenters. The number of nitrogens with one attached hydrogen (secondary N) is 1. The lowest BCUT2D eigenvalue weighted by molar-refractivity contribution is 0.102. The lowest BCUT2D eigenvalue weighted by Gasteiger charge is -2.12. The fourth-order valence-corrected chi connectivity index (χ4v) is 3.81. The van der Waals surface area contributed by atoms with E-state index in [-0.39, 0.29) is 11.3 Å². The van der Waals surface area contributed by atoms with Crippen molar-refractivity contribution >= 4 is 21.4 Å². The number of benzene rings is 2. The van der Waals surface area contributed by atoms with Crippen LogP contribution in [0.25, 0.3) is 0 Å². The minimum atomic E-state index is -4.85. The minimum absolute atomic E-state index is 0.193. The minimum Gasteiger partial charge on any atom is -0.321 e. The van der Waals surface area contributed by atoms with Crippen molar-refractivity contribution in [1.29, 1.82) is 0 Å². The number of sulfone groups is 1. The van der Waals surface area contributed by atoms with Crippen LogP contribution in [0.15, 0.2) is 59.5 Å². The van der Waals surface area contributed by atoms with Gasteiger partial charge in [-0.1, -0.05) is 24.3 Å². The Morgan fingerprint density at radius 3 is 2.48 bits per heavy atom. The van der Waals surface area contributed by atoms with Crippen molar-refractivity contribution in [3.05, 3.63) is 77.1 Å². The molecule has 0 spiro atoms. The van der Waals surface area contributed by atoms with E-state index in [9.17, 15) is 22.0 Å². The van der Waals surface area contributed by atoms with Crippen molar-refractivity contribution in [2.45, 2.75) is 31.0 Å². The van der Waals surface area contributed by atoms with E-state index in [4.69, 9.17) is 0 Å². The fraction of sp³-hybridized carbons (Fsp3) is 0.200. The maximum Gasteiger partial charge on any atom is 0.341 e. The van der Waals surface area contributed by atoms with Gasteiger partial charge in [0, 0.05) is 11.3 Å². The van der Waals surface area contributed by atoms with Gasteiger partial charge in [-0.25, -0.2) is 8.42 Å². The van der Waals surface area contributed by atoms with Gasteiger partial charge in [-0.05, 0) is 49.7 Å². The van der Waals surface area contributed by atoms with Crippen LogP contribution in [0, 0.1) is 13.8 Å². The number of hydrogen-bond donors (Lipinski definition) is 1. The van der Waals surface area contributed by atoms with Crippen LogP contribution in [-0.2, 0) is 16.4 Å². The molecule has 1 aromatic heterocycles. The van der Waals surface area contributed by atoms with Crippen molar-refractivity contribution in [2.24, 2.45) is 0 Å². The van der Waals surface area contributed by atoms with Crippen LogP contribution >= 0.6 is 0 Å². The van der Waals surface area contributed by atoms with Gasteiger partial charge >= 0.3 is 5.76 Å². The van der Waals surface area contributed by atoms with Crippen LogP contribution in [0.3, 0.4) is 0 Å². The maximum atomic E-state index is 12.9. The molecule has 0 aliphatic rings. The van der Waals surface area contributed by atoms with Gasteiger partial charge < -0.3 is 5.32 Å². The third-order valence-electron chi connectivity index (χ3n) is 4.30. The summed E-state index contributed by atoms with van der Waals surface area (Å²) in [7, 11) is -4.85. The fourth-order valence-electron chi connectivity index (χ4n) is 2.93. The molecule has 0 aliphatic heterocycles. The second-order valence-electron chi connectivity index (χ2n) is 6.54. The van der Waals surface area contributed by atoms with Crippen LogP contribution in [0.2, 0.25) is 0 Å². The molecule has 6 nitrogen and oxygen atoms in total. The summed E-state index contributed by atoms with van der Waals surface area (Å²) < 4.78 is 51.4. The zero-order valence-corrected chi connectivity index (χ0v) is 16.6. The predicted octanol–water partition coefficient (Wildman–Crippen LogP) is 3.80. The van der Waals surface area contributed by atoms with E-state index in [1.165, 1.54) is 18.2 Å². The highest BCUT2D eigenvalue weighted by Crippen LogP contribution is 2.26. The van der Waals surface area contributed by atoms with Gasteiger partial charge in [0.15, 0.2) is 0 Å². The maximum absolute atomic E-state index is 12.9. The van der Waals surface area contributed by atoms with E-state index in [2.05, 4.69) is 10.4 Å². The Kier molecular flexibility index (Phi) is 5.78. The first-order chi connectivity index (χ1) is 13.7. The zero-order chi connectivity index (χ0) is 21.2. The Balaban J connectivity index is 1.85. The Labute approximate surface area is 167 Å². The first-order valence-electron chi connectivity index (χ1n) is 8.71. The molecule has 0 fully saturated rings. The lowest BCUT2D eigenvalue weighted by Crippen LogP contribution is -2.18. The van der Waals surface area contributed by atoms with Gasteiger partial charge in [-0.2, -0.15) is 13.9 Å². The number of amides is 1. The smallest absolute Gasteiger partial charge is 0.321 e.